The fourth-order valence-corrected chi connectivity index (χ4v) is 3.13. The van der Waals surface area contributed by atoms with Crippen molar-refractivity contribution in [1.82, 2.24) is 14.9 Å². The first-order valence-corrected chi connectivity index (χ1v) is 7.97. The average molecular weight is 313 g/mol. The summed E-state index contributed by atoms with van der Waals surface area (Å²) in [5.41, 5.74) is 0.903. The van der Waals surface area contributed by atoms with Crippen LogP contribution in [0.2, 0.25) is 0 Å². The van der Waals surface area contributed by atoms with Gasteiger partial charge in [-0.3, -0.25) is 4.79 Å². The van der Waals surface area contributed by atoms with Crippen LogP contribution < -0.4 is 5.32 Å². The van der Waals surface area contributed by atoms with Gasteiger partial charge in [-0.1, -0.05) is 30.3 Å². The molecule has 0 saturated heterocycles. The minimum absolute atomic E-state index is 0.0989. The molecule has 0 fully saturated rings. The van der Waals surface area contributed by atoms with Crippen molar-refractivity contribution in [2.45, 2.75) is 44.9 Å². The van der Waals surface area contributed by atoms with Gasteiger partial charge in [-0.15, -0.1) is 0 Å². The molecule has 0 aliphatic carbocycles. The molecule has 0 radical (unpaired) electrons. The third-order valence-corrected chi connectivity index (χ3v) is 4.61. The first-order chi connectivity index (χ1) is 11.0. The van der Waals surface area contributed by atoms with Crippen LogP contribution in [0.4, 0.5) is 0 Å². The molecule has 5 nitrogen and oxygen atoms in total. The Balaban J connectivity index is 1.73. The number of hydrogen-bond acceptors (Lipinski definition) is 3. The van der Waals surface area contributed by atoms with Crippen LogP contribution in [0.5, 0.6) is 0 Å². The predicted octanol–water partition coefficient (Wildman–Crippen LogP) is 2.18. The predicted molar refractivity (Wildman–Crippen MR) is 88.0 cm³/mol. The van der Waals surface area contributed by atoms with E-state index >= 15 is 0 Å². The maximum Gasteiger partial charge on any atom is 0.256 e. The van der Waals surface area contributed by atoms with Crippen molar-refractivity contribution in [2.24, 2.45) is 0 Å². The van der Waals surface area contributed by atoms with Crippen LogP contribution in [-0.2, 0) is 28.1 Å². The topological polar surface area (TPSA) is 56.1 Å². The Bertz CT molecular complexity index is 696. The van der Waals surface area contributed by atoms with Crippen molar-refractivity contribution in [3.05, 3.63) is 53.6 Å². The number of benzene rings is 1. The van der Waals surface area contributed by atoms with Gasteiger partial charge in [-0.05, 0) is 25.8 Å². The Kier molecular flexibility index (Phi) is 4.22. The Morgan fingerprint density at radius 1 is 1.39 bits per heavy atom. The highest BCUT2D eigenvalue weighted by Crippen LogP contribution is 2.25. The second-order valence-corrected chi connectivity index (χ2v) is 6.26. The third-order valence-electron chi connectivity index (χ3n) is 4.61. The summed E-state index contributed by atoms with van der Waals surface area (Å²) in [6, 6.07) is 9.70. The molecule has 1 aliphatic rings. The van der Waals surface area contributed by atoms with Crippen molar-refractivity contribution < 1.29 is 9.53 Å². The van der Waals surface area contributed by atoms with Crippen molar-refractivity contribution in [1.29, 1.82) is 0 Å². The molecular formula is C18H23N3O2. The molecule has 0 spiro atoms. The highest BCUT2D eigenvalue weighted by Gasteiger charge is 2.36. The summed E-state index contributed by atoms with van der Waals surface area (Å²) in [4.78, 5) is 17.3. The van der Waals surface area contributed by atoms with Gasteiger partial charge < -0.3 is 14.6 Å². The van der Waals surface area contributed by atoms with E-state index in [1.807, 2.05) is 50.4 Å². The quantitative estimate of drug-likeness (QED) is 0.941. The fraction of sp³-hybridized carbons (Fsp3) is 0.444. The standard InChI is InChI=1S/C18H23N3O2/c1-13-11-21-12-15(9-10-16(21)19-13)20-17(22)18(2,23-3)14-7-5-4-6-8-14/h4-8,11,15H,9-10,12H2,1-3H3,(H,20,22). The Morgan fingerprint density at radius 2 is 2.13 bits per heavy atom. The van der Waals surface area contributed by atoms with Gasteiger partial charge in [-0.25, -0.2) is 4.98 Å². The van der Waals surface area contributed by atoms with Crippen molar-refractivity contribution in [3.8, 4) is 0 Å². The molecule has 23 heavy (non-hydrogen) atoms. The molecule has 122 valence electrons. The summed E-state index contributed by atoms with van der Waals surface area (Å²) < 4.78 is 7.70. The minimum atomic E-state index is -0.980. The van der Waals surface area contributed by atoms with Crippen LogP contribution in [0.1, 0.15) is 30.4 Å². The van der Waals surface area contributed by atoms with E-state index in [0.717, 1.165) is 36.5 Å². The van der Waals surface area contributed by atoms with Crippen molar-refractivity contribution >= 4 is 5.91 Å². The summed E-state index contributed by atoms with van der Waals surface area (Å²) in [6.07, 6.45) is 3.82. The van der Waals surface area contributed by atoms with E-state index in [4.69, 9.17) is 4.74 Å². The molecule has 2 aromatic rings. The number of aromatic nitrogens is 2. The number of hydrogen-bond donors (Lipinski definition) is 1. The van der Waals surface area contributed by atoms with Gasteiger partial charge in [0.25, 0.3) is 5.91 Å². The van der Waals surface area contributed by atoms with Gasteiger partial charge in [-0.2, -0.15) is 0 Å². The maximum absolute atomic E-state index is 12.8. The lowest BCUT2D eigenvalue weighted by atomic mass is 9.94. The zero-order chi connectivity index (χ0) is 16.4. The SMILES string of the molecule is COC(C)(C(=O)NC1CCc2nc(C)cn2C1)c1ccccc1. The molecule has 2 unspecified atom stereocenters. The zero-order valence-corrected chi connectivity index (χ0v) is 13.9. The first-order valence-electron chi connectivity index (χ1n) is 7.97. The van der Waals surface area contributed by atoms with Crippen LogP contribution in [0.25, 0.3) is 0 Å². The average Bonchev–Trinajstić information content (AvgIpc) is 2.94. The van der Waals surface area contributed by atoms with Crippen LogP contribution in [-0.4, -0.2) is 28.6 Å². The number of carbonyl (C=O) groups excluding carboxylic acids is 1. The summed E-state index contributed by atoms with van der Waals surface area (Å²) in [7, 11) is 1.57. The lowest BCUT2D eigenvalue weighted by Crippen LogP contribution is -2.50. The number of amides is 1. The number of aryl methyl sites for hydroxylation is 2. The first kappa shape index (κ1) is 15.7. The molecule has 3 rings (SSSR count). The molecule has 2 heterocycles. The number of imidazole rings is 1. The summed E-state index contributed by atoms with van der Waals surface area (Å²) in [6.45, 7) is 4.57. The number of nitrogens with zero attached hydrogens (tertiary/aromatic N) is 2. The molecule has 0 saturated carbocycles. The van der Waals surface area contributed by atoms with E-state index in [2.05, 4.69) is 14.9 Å². The largest absolute Gasteiger partial charge is 0.364 e. The highest BCUT2D eigenvalue weighted by molar-refractivity contribution is 5.86. The Hall–Kier alpha value is -2.14. The summed E-state index contributed by atoms with van der Waals surface area (Å²) in [5.74, 6) is 1.00. The second-order valence-electron chi connectivity index (χ2n) is 6.26. The molecule has 1 amide bonds. The number of fused-ring (bicyclic) bond motifs is 1. The van der Waals surface area contributed by atoms with Gasteiger partial charge >= 0.3 is 0 Å². The van der Waals surface area contributed by atoms with E-state index in [1.54, 1.807) is 7.11 Å². The fourth-order valence-electron chi connectivity index (χ4n) is 3.13. The van der Waals surface area contributed by atoms with Crippen molar-refractivity contribution in [3.63, 3.8) is 0 Å². The Morgan fingerprint density at radius 3 is 2.83 bits per heavy atom. The van der Waals surface area contributed by atoms with Gasteiger partial charge in [0, 0.05) is 32.3 Å². The number of carbonyl (C=O) groups is 1. The van der Waals surface area contributed by atoms with Gasteiger partial charge in [0.1, 0.15) is 5.82 Å². The number of nitrogens with one attached hydrogen (secondary N) is 1. The molecule has 1 aromatic heterocycles. The summed E-state index contributed by atoms with van der Waals surface area (Å²) >= 11 is 0. The zero-order valence-electron chi connectivity index (χ0n) is 13.9. The van der Waals surface area contributed by atoms with Crippen LogP contribution in [0.15, 0.2) is 36.5 Å². The third kappa shape index (κ3) is 3.01. The molecule has 1 aliphatic heterocycles. The van der Waals surface area contributed by atoms with E-state index in [0.29, 0.717) is 0 Å². The molecule has 2 atom stereocenters. The molecule has 1 N–H and O–H groups in total. The van der Waals surface area contributed by atoms with E-state index in [-0.39, 0.29) is 11.9 Å². The second kappa shape index (κ2) is 6.16. The lowest BCUT2D eigenvalue weighted by molar-refractivity contribution is -0.143. The summed E-state index contributed by atoms with van der Waals surface area (Å²) in [5, 5.41) is 3.15. The molecular weight excluding hydrogens is 290 g/mol. The Labute approximate surface area is 136 Å². The van der Waals surface area contributed by atoms with Crippen LogP contribution in [0.3, 0.4) is 0 Å². The highest BCUT2D eigenvalue weighted by atomic mass is 16.5. The molecule has 1 aromatic carbocycles. The lowest BCUT2D eigenvalue weighted by Gasteiger charge is -2.31. The van der Waals surface area contributed by atoms with Gasteiger partial charge in [0.2, 0.25) is 0 Å². The smallest absolute Gasteiger partial charge is 0.256 e. The number of methoxy groups -OCH3 is 1. The van der Waals surface area contributed by atoms with Crippen LogP contribution >= 0.6 is 0 Å². The number of rotatable bonds is 4. The van der Waals surface area contributed by atoms with Crippen LogP contribution in [0, 0.1) is 6.92 Å². The number of ether oxygens (including phenoxy) is 1. The minimum Gasteiger partial charge on any atom is -0.364 e. The molecule has 0 bridgehead atoms. The van der Waals surface area contributed by atoms with Gasteiger partial charge in [0.15, 0.2) is 5.60 Å². The maximum atomic E-state index is 12.8. The van der Waals surface area contributed by atoms with Gasteiger partial charge in [0.05, 0.1) is 5.69 Å². The monoisotopic (exact) mass is 313 g/mol. The van der Waals surface area contributed by atoms with E-state index < -0.39 is 5.60 Å². The van der Waals surface area contributed by atoms with Crippen molar-refractivity contribution in [2.75, 3.05) is 7.11 Å². The normalized spacial score (nSPS) is 19.7. The van der Waals surface area contributed by atoms with E-state index in [9.17, 15) is 4.79 Å². The van der Waals surface area contributed by atoms with E-state index in [1.165, 1.54) is 0 Å². The molecule has 5 heteroatoms.